The summed E-state index contributed by atoms with van der Waals surface area (Å²) in [6.45, 7) is 4.09. The summed E-state index contributed by atoms with van der Waals surface area (Å²) >= 11 is 5.83. The maximum absolute atomic E-state index is 12.2. The van der Waals surface area contributed by atoms with E-state index in [0.717, 1.165) is 0 Å². The third kappa shape index (κ3) is 5.30. The van der Waals surface area contributed by atoms with Gasteiger partial charge >= 0.3 is 6.09 Å². The summed E-state index contributed by atoms with van der Waals surface area (Å²) in [6, 6.07) is 3.98. The number of ether oxygens (including phenoxy) is 1. The van der Waals surface area contributed by atoms with Crippen LogP contribution in [0.3, 0.4) is 0 Å². The van der Waals surface area contributed by atoms with Gasteiger partial charge in [-0.2, -0.15) is 0 Å². The van der Waals surface area contributed by atoms with Crippen LogP contribution in [0.2, 0.25) is 5.02 Å². The summed E-state index contributed by atoms with van der Waals surface area (Å²) in [6.07, 6.45) is -0.360. The number of rotatable bonds is 5. The molecular formula is C15H19ClN4O5. The van der Waals surface area contributed by atoms with E-state index in [9.17, 15) is 19.7 Å². The first kappa shape index (κ1) is 18.9. The Labute approximate surface area is 149 Å². The summed E-state index contributed by atoms with van der Waals surface area (Å²) in [5, 5.41) is 13.8. The van der Waals surface area contributed by atoms with Crippen molar-refractivity contribution in [2.75, 3.05) is 44.6 Å². The molecule has 2 amide bonds. The molecule has 9 nitrogen and oxygen atoms in total. The minimum Gasteiger partial charge on any atom is -0.450 e. The lowest BCUT2D eigenvalue weighted by atomic mass is 10.2. The molecule has 2 rings (SSSR count). The van der Waals surface area contributed by atoms with Gasteiger partial charge in [-0.15, -0.1) is 0 Å². The van der Waals surface area contributed by atoms with Gasteiger partial charge in [-0.3, -0.25) is 19.8 Å². The van der Waals surface area contributed by atoms with Crippen LogP contribution in [0.25, 0.3) is 0 Å². The summed E-state index contributed by atoms with van der Waals surface area (Å²) in [5.74, 6) is -0.380. The highest BCUT2D eigenvalue weighted by atomic mass is 35.5. The lowest BCUT2D eigenvalue weighted by Crippen LogP contribution is -2.50. The maximum atomic E-state index is 12.2. The van der Waals surface area contributed by atoms with Gasteiger partial charge in [-0.05, 0) is 19.1 Å². The normalized spacial score (nSPS) is 14.9. The standard InChI is InChI=1S/C15H19ClN4O5/c1-2-25-15(22)19-7-5-18(6-8-19)10-14(21)17-12-9-11(16)3-4-13(12)20(23)24/h3-4,9H,2,5-8,10H2,1H3,(H,17,21). The molecule has 1 N–H and O–H groups in total. The smallest absolute Gasteiger partial charge is 0.409 e. The van der Waals surface area contributed by atoms with E-state index >= 15 is 0 Å². The Hall–Kier alpha value is -2.39. The molecule has 1 aromatic rings. The van der Waals surface area contributed by atoms with E-state index in [1.54, 1.807) is 11.8 Å². The van der Waals surface area contributed by atoms with Gasteiger partial charge in [0.2, 0.25) is 5.91 Å². The maximum Gasteiger partial charge on any atom is 0.409 e. The number of nitro benzene ring substituents is 1. The largest absolute Gasteiger partial charge is 0.450 e. The first-order valence-corrected chi connectivity index (χ1v) is 8.16. The molecule has 0 spiro atoms. The van der Waals surface area contributed by atoms with Crippen LogP contribution in [0.1, 0.15) is 6.92 Å². The van der Waals surface area contributed by atoms with Crippen LogP contribution in [0, 0.1) is 10.1 Å². The number of benzene rings is 1. The molecule has 0 saturated carbocycles. The fourth-order valence-corrected chi connectivity index (χ4v) is 2.64. The highest BCUT2D eigenvalue weighted by molar-refractivity contribution is 6.31. The molecular weight excluding hydrogens is 352 g/mol. The molecule has 0 aliphatic carbocycles. The van der Waals surface area contributed by atoms with E-state index in [2.05, 4.69) is 5.32 Å². The molecule has 0 bridgehead atoms. The Morgan fingerprint density at radius 1 is 1.32 bits per heavy atom. The molecule has 1 heterocycles. The van der Waals surface area contributed by atoms with E-state index in [4.69, 9.17) is 16.3 Å². The van der Waals surface area contributed by atoms with Crippen LogP contribution < -0.4 is 5.32 Å². The molecule has 1 fully saturated rings. The molecule has 1 aromatic carbocycles. The molecule has 0 unspecified atom stereocenters. The Kier molecular flexibility index (Phi) is 6.54. The second-order valence-corrected chi connectivity index (χ2v) is 5.87. The van der Waals surface area contributed by atoms with Crippen LogP contribution >= 0.6 is 11.6 Å². The van der Waals surface area contributed by atoms with Gasteiger partial charge in [0.1, 0.15) is 5.69 Å². The second-order valence-electron chi connectivity index (χ2n) is 5.43. The fraction of sp³-hybridized carbons (Fsp3) is 0.467. The van der Waals surface area contributed by atoms with E-state index < -0.39 is 4.92 Å². The monoisotopic (exact) mass is 370 g/mol. The molecule has 136 valence electrons. The van der Waals surface area contributed by atoms with E-state index in [1.165, 1.54) is 18.2 Å². The average molecular weight is 371 g/mol. The van der Waals surface area contributed by atoms with Gasteiger partial charge in [0.05, 0.1) is 18.1 Å². The Morgan fingerprint density at radius 2 is 2.00 bits per heavy atom. The molecule has 10 heteroatoms. The Bertz CT molecular complexity index is 661. The van der Waals surface area contributed by atoms with Crippen molar-refractivity contribution in [1.82, 2.24) is 9.80 Å². The van der Waals surface area contributed by atoms with Crippen molar-refractivity contribution in [3.8, 4) is 0 Å². The predicted molar refractivity (Wildman–Crippen MR) is 91.8 cm³/mol. The summed E-state index contributed by atoms with van der Waals surface area (Å²) < 4.78 is 4.94. The second kappa shape index (κ2) is 8.63. The quantitative estimate of drug-likeness (QED) is 0.627. The molecule has 0 radical (unpaired) electrons. The van der Waals surface area contributed by atoms with Crippen molar-refractivity contribution >= 4 is 35.0 Å². The zero-order valence-corrected chi connectivity index (χ0v) is 14.5. The zero-order valence-electron chi connectivity index (χ0n) is 13.7. The minimum absolute atomic E-state index is 0.0626. The Balaban J connectivity index is 1.89. The molecule has 0 aromatic heterocycles. The van der Waals surface area contributed by atoms with Crippen LogP contribution in [0.5, 0.6) is 0 Å². The van der Waals surface area contributed by atoms with E-state index in [1.807, 2.05) is 4.90 Å². The number of nitrogens with zero attached hydrogens (tertiary/aromatic N) is 3. The van der Waals surface area contributed by atoms with E-state index in [0.29, 0.717) is 37.8 Å². The van der Waals surface area contributed by atoms with Gasteiger partial charge < -0.3 is 15.0 Å². The molecule has 0 atom stereocenters. The lowest BCUT2D eigenvalue weighted by Gasteiger charge is -2.33. The van der Waals surface area contributed by atoms with Crippen molar-refractivity contribution in [3.05, 3.63) is 33.3 Å². The summed E-state index contributed by atoms with van der Waals surface area (Å²) in [4.78, 5) is 37.7. The molecule has 1 aliphatic rings. The van der Waals surface area contributed by atoms with Crippen LogP contribution in [-0.2, 0) is 9.53 Å². The molecule has 1 saturated heterocycles. The first-order valence-electron chi connectivity index (χ1n) is 7.78. The summed E-state index contributed by atoms with van der Waals surface area (Å²) in [5.41, 5.74) is -0.155. The van der Waals surface area contributed by atoms with E-state index in [-0.39, 0.29) is 29.9 Å². The van der Waals surface area contributed by atoms with Gasteiger partial charge in [0.25, 0.3) is 5.69 Å². The van der Waals surface area contributed by atoms with Crippen molar-refractivity contribution < 1.29 is 19.2 Å². The van der Waals surface area contributed by atoms with Crippen LogP contribution in [-0.4, -0.2) is 66.1 Å². The SMILES string of the molecule is CCOC(=O)N1CCN(CC(=O)Nc2cc(Cl)ccc2[N+](=O)[O-])CC1. The summed E-state index contributed by atoms with van der Waals surface area (Å²) in [7, 11) is 0. The molecule has 25 heavy (non-hydrogen) atoms. The van der Waals surface area contributed by atoms with Crippen LogP contribution in [0.15, 0.2) is 18.2 Å². The number of hydrogen-bond acceptors (Lipinski definition) is 6. The fourth-order valence-electron chi connectivity index (χ4n) is 2.46. The minimum atomic E-state index is -0.579. The number of nitrogens with one attached hydrogen (secondary N) is 1. The number of amides is 2. The highest BCUT2D eigenvalue weighted by Gasteiger charge is 2.24. The average Bonchev–Trinajstić information content (AvgIpc) is 2.55. The van der Waals surface area contributed by atoms with Crippen molar-refractivity contribution in [3.63, 3.8) is 0 Å². The highest BCUT2D eigenvalue weighted by Crippen LogP contribution is 2.27. The molecule has 1 aliphatic heterocycles. The van der Waals surface area contributed by atoms with Gasteiger partial charge in [0.15, 0.2) is 0 Å². The Morgan fingerprint density at radius 3 is 2.60 bits per heavy atom. The number of piperazine rings is 1. The van der Waals surface area contributed by atoms with Crippen molar-refractivity contribution in [2.24, 2.45) is 0 Å². The number of carbonyl (C=O) groups is 2. The first-order chi connectivity index (χ1) is 11.9. The number of anilines is 1. The topological polar surface area (TPSA) is 105 Å². The van der Waals surface area contributed by atoms with Gasteiger partial charge in [-0.1, -0.05) is 11.6 Å². The number of hydrogen-bond donors (Lipinski definition) is 1. The number of carbonyl (C=O) groups excluding carboxylic acids is 2. The van der Waals surface area contributed by atoms with Gasteiger partial charge in [-0.25, -0.2) is 4.79 Å². The number of nitro groups is 1. The van der Waals surface area contributed by atoms with Crippen LogP contribution in [0.4, 0.5) is 16.2 Å². The third-order valence-electron chi connectivity index (χ3n) is 3.69. The predicted octanol–water partition coefficient (Wildman–Crippen LogP) is 1.96. The van der Waals surface area contributed by atoms with Crippen molar-refractivity contribution in [2.45, 2.75) is 6.92 Å². The van der Waals surface area contributed by atoms with Crippen molar-refractivity contribution in [1.29, 1.82) is 0 Å². The number of halogens is 1. The zero-order chi connectivity index (χ0) is 18.4. The lowest BCUT2D eigenvalue weighted by molar-refractivity contribution is -0.383. The third-order valence-corrected chi connectivity index (χ3v) is 3.93. The van der Waals surface area contributed by atoms with Gasteiger partial charge in [0, 0.05) is 37.3 Å².